The first-order chi connectivity index (χ1) is 21.7. The number of hydrogen-bond donors (Lipinski definition) is 4. The van der Waals surface area contributed by atoms with Gasteiger partial charge in [0.1, 0.15) is 6.17 Å². The molecule has 1 saturated carbocycles. The van der Waals surface area contributed by atoms with Crippen molar-refractivity contribution in [2.24, 2.45) is 33.9 Å². The van der Waals surface area contributed by atoms with Crippen LogP contribution in [0.3, 0.4) is 0 Å². The molecule has 0 bridgehead atoms. The number of nitrogens with zero attached hydrogens (tertiary/aromatic N) is 3. The Labute approximate surface area is 272 Å². The van der Waals surface area contributed by atoms with E-state index in [0.717, 1.165) is 65.3 Å². The van der Waals surface area contributed by atoms with Crippen LogP contribution in [0.25, 0.3) is 0 Å². The number of fused-ring (bicyclic) bond motifs is 1. The smallest absolute Gasteiger partial charge is 0.228 e. The van der Waals surface area contributed by atoms with E-state index in [2.05, 4.69) is 51.5 Å². The van der Waals surface area contributed by atoms with Crippen LogP contribution in [0.5, 0.6) is 0 Å². The maximum absolute atomic E-state index is 14.9. The lowest BCUT2D eigenvalue weighted by atomic mass is 9.75. The lowest BCUT2D eigenvalue weighted by Gasteiger charge is -2.53. The van der Waals surface area contributed by atoms with E-state index in [1.807, 2.05) is 6.92 Å². The molecule has 0 aromatic rings. The molecular weight excluding hydrogens is 569 g/mol. The second-order valence-corrected chi connectivity index (χ2v) is 15.6. The van der Waals surface area contributed by atoms with Gasteiger partial charge in [-0.2, -0.15) is 0 Å². The predicted molar refractivity (Wildman–Crippen MR) is 180 cm³/mol. The van der Waals surface area contributed by atoms with Crippen LogP contribution in [0.15, 0.2) is 4.99 Å². The van der Waals surface area contributed by atoms with Gasteiger partial charge in [-0.05, 0) is 50.0 Å². The standard InChI is InChI=1S/C35H64FN7O2/c1-5-14-35(3,4)30-13-12-26(36)19-39-24(2)31(33(37)41-30)34(44)40-29-21-38-20-28(25-10-8-6-7-9-11-25)32(29)43-16-15-42-17-18-45-23-27(42)22-43/h19,24-33,38,41H,5-18,20-23,37H2,1-4H3,(H,40,44)/b39-19-/t24?,26?,27-,28?,29?,30?,31?,32?,33?/m0/s1. The number of amides is 1. The molecular formula is C35H64FN7O2. The van der Waals surface area contributed by atoms with Crippen molar-refractivity contribution in [1.82, 2.24) is 25.8 Å². The first kappa shape index (κ1) is 35.1. The van der Waals surface area contributed by atoms with Crippen molar-refractivity contribution >= 4 is 12.1 Å². The summed E-state index contributed by atoms with van der Waals surface area (Å²) in [4.78, 5) is 24.3. The number of halogens is 1. The molecule has 1 aliphatic carbocycles. The van der Waals surface area contributed by atoms with Crippen LogP contribution < -0.4 is 21.7 Å². The SMILES string of the molecule is CCCC(C)(C)C1CCC(F)/C=N\C(C)C(C(=O)NC2CNCC(C3CCCCCC3)C2N2CCN3CCOC[C@@H]3C2)C(N)N1. The number of alkyl halides is 1. The summed E-state index contributed by atoms with van der Waals surface area (Å²) in [7, 11) is 0. The molecule has 258 valence electrons. The van der Waals surface area contributed by atoms with Crippen molar-refractivity contribution in [1.29, 1.82) is 0 Å². The monoisotopic (exact) mass is 634 g/mol. The average molecular weight is 634 g/mol. The zero-order valence-electron chi connectivity index (χ0n) is 28.7. The summed E-state index contributed by atoms with van der Waals surface area (Å²) in [5.74, 6) is 0.472. The van der Waals surface area contributed by atoms with Gasteiger partial charge in [0.05, 0.1) is 37.4 Å². The minimum Gasteiger partial charge on any atom is -0.378 e. The molecule has 45 heavy (non-hydrogen) atoms. The predicted octanol–water partition coefficient (Wildman–Crippen LogP) is 3.32. The number of carbonyl (C=O) groups excluding carboxylic acids is 1. The van der Waals surface area contributed by atoms with Crippen molar-refractivity contribution in [3.63, 3.8) is 0 Å². The van der Waals surface area contributed by atoms with Crippen LogP contribution in [0.2, 0.25) is 0 Å². The normalized spacial score (nSPS) is 39.4. The van der Waals surface area contributed by atoms with E-state index in [0.29, 0.717) is 30.7 Å². The summed E-state index contributed by atoms with van der Waals surface area (Å²) in [6.07, 6.45) is 10.7. The van der Waals surface area contributed by atoms with E-state index < -0.39 is 24.3 Å². The average Bonchev–Trinajstić information content (AvgIpc) is 3.31. The second kappa shape index (κ2) is 16.3. The van der Waals surface area contributed by atoms with Crippen LogP contribution in [0.4, 0.5) is 4.39 Å². The number of nitrogens with one attached hydrogen (secondary N) is 3. The first-order valence-electron chi connectivity index (χ1n) is 18.4. The van der Waals surface area contributed by atoms with Crippen molar-refractivity contribution in [2.75, 3.05) is 52.5 Å². The Hall–Kier alpha value is -1.17. The molecule has 5 N–H and O–H groups in total. The van der Waals surface area contributed by atoms with Gasteiger partial charge in [-0.1, -0.05) is 65.7 Å². The van der Waals surface area contributed by atoms with Gasteiger partial charge < -0.3 is 21.1 Å². The van der Waals surface area contributed by atoms with Gasteiger partial charge in [-0.25, -0.2) is 4.39 Å². The Morgan fingerprint density at radius 1 is 1.09 bits per heavy atom. The van der Waals surface area contributed by atoms with Crippen molar-refractivity contribution in [3.05, 3.63) is 0 Å². The molecule has 1 amide bonds. The Balaban J connectivity index is 1.38. The molecule has 0 radical (unpaired) electrons. The number of piperidine rings is 1. The minimum atomic E-state index is -1.12. The zero-order valence-corrected chi connectivity index (χ0v) is 28.7. The topological polar surface area (TPSA) is 107 Å². The highest BCUT2D eigenvalue weighted by molar-refractivity contribution is 5.81. The number of aliphatic imine (C=N–C) groups is 1. The maximum atomic E-state index is 14.9. The number of carbonyl (C=O) groups is 1. The highest BCUT2D eigenvalue weighted by atomic mass is 19.1. The molecule has 0 spiro atoms. The fraction of sp³-hybridized carbons (Fsp3) is 0.943. The Bertz CT molecular complexity index is 960. The lowest BCUT2D eigenvalue weighted by Crippen LogP contribution is -2.70. The fourth-order valence-electron chi connectivity index (χ4n) is 9.37. The van der Waals surface area contributed by atoms with Gasteiger partial charge >= 0.3 is 0 Å². The molecule has 0 aromatic heterocycles. The van der Waals surface area contributed by atoms with Gasteiger partial charge in [0.2, 0.25) is 5.91 Å². The van der Waals surface area contributed by atoms with Crippen molar-refractivity contribution in [2.45, 2.75) is 134 Å². The van der Waals surface area contributed by atoms with Crippen LogP contribution in [-0.2, 0) is 9.53 Å². The van der Waals surface area contributed by atoms with Crippen molar-refractivity contribution < 1.29 is 13.9 Å². The number of hydrogen-bond acceptors (Lipinski definition) is 8. The van der Waals surface area contributed by atoms with E-state index >= 15 is 0 Å². The molecule has 5 rings (SSSR count). The molecule has 10 heteroatoms. The lowest BCUT2D eigenvalue weighted by molar-refractivity contribution is -0.129. The zero-order chi connectivity index (χ0) is 32.0. The van der Waals surface area contributed by atoms with Gasteiger partial charge in [0, 0.05) is 57.1 Å². The second-order valence-electron chi connectivity index (χ2n) is 15.6. The molecule has 8 unspecified atom stereocenters. The van der Waals surface area contributed by atoms with E-state index in [1.165, 1.54) is 44.7 Å². The number of nitrogens with two attached hydrogens (primary N) is 1. The molecule has 4 fully saturated rings. The number of piperazine rings is 1. The number of morpholine rings is 1. The van der Waals surface area contributed by atoms with Crippen LogP contribution in [0, 0.1) is 23.2 Å². The van der Waals surface area contributed by atoms with Crippen LogP contribution in [0.1, 0.15) is 91.9 Å². The van der Waals surface area contributed by atoms with Gasteiger partial charge in [-0.15, -0.1) is 0 Å². The molecule has 4 heterocycles. The van der Waals surface area contributed by atoms with Gasteiger partial charge in [0.25, 0.3) is 0 Å². The summed E-state index contributed by atoms with van der Waals surface area (Å²) in [5.41, 5.74) is 6.84. The third-order valence-corrected chi connectivity index (χ3v) is 12.0. The summed E-state index contributed by atoms with van der Waals surface area (Å²) < 4.78 is 20.9. The fourth-order valence-corrected chi connectivity index (χ4v) is 9.37. The maximum Gasteiger partial charge on any atom is 0.228 e. The molecule has 9 atom stereocenters. The minimum absolute atomic E-state index is 0.0115. The van der Waals surface area contributed by atoms with Gasteiger partial charge in [0.15, 0.2) is 0 Å². The molecule has 0 aromatic carbocycles. The summed E-state index contributed by atoms with van der Waals surface area (Å²) >= 11 is 0. The summed E-state index contributed by atoms with van der Waals surface area (Å²) in [6.45, 7) is 16.0. The summed E-state index contributed by atoms with van der Waals surface area (Å²) in [6, 6.07) is 0.217. The van der Waals surface area contributed by atoms with E-state index in [4.69, 9.17) is 10.5 Å². The highest BCUT2D eigenvalue weighted by Crippen LogP contribution is 2.36. The molecule has 9 nitrogen and oxygen atoms in total. The van der Waals surface area contributed by atoms with E-state index in [-0.39, 0.29) is 29.4 Å². The van der Waals surface area contributed by atoms with Gasteiger partial charge in [-0.3, -0.25) is 24.9 Å². The first-order valence-corrected chi connectivity index (χ1v) is 18.4. The third-order valence-electron chi connectivity index (χ3n) is 12.0. The number of ether oxygens (including phenoxy) is 1. The largest absolute Gasteiger partial charge is 0.378 e. The molecule has 5 aliphatic rings. The Morgan fingerprint density at radius 3 is 2.60 bits per heavy atom. The van der Waals surface area contributed by atoms with E-state index in [9.17, 15) is 9.18 Å². The molecule has 4 aliphatic heterocycles. The summed E-state index contributed by atoms with van der Waals surface area (Å²) in [5, 5.41) is 10.9. The number of rotatable bonds is 7. The molecule has 3 saturated heterocycles. The van der Waals surface area contributed by atoms with Crippen LogP contribution >= 0.6 is 0 Å². The quantitative estimate of drug-likeness (QED) is 0.319. The van der Waals surface area contributed by atoms with Crippen molar-refractivity contribution in [3.8, 4) is 0 Å². The third kappa shape index (κ3) is 8.85. The highest BCUT2D eigenvalue weighted by Gasteiger charge is 2.46. The Kier molecular flexibility index (Phi) is 12.7. The van der Waals surface area contributed by atoms with E-state index in [1.54, 1.807) is 0 Å². The van der Waals surface area contributed by atoms with Crippen LogP contribution in [-0.4, -0.2) is 117 Å². The Morgan fingerprint density at radius 2 is 1.84 bits per heavy atom.